The molecule has 1 aliphatic rings. The summed E-state index contributed by atoms with van der Waals surface area (Å²) in [6, 6.07) is 5.31. The molecule has 1 N–H and O–H groups in total. The second-order valence-electron chi connectivity index (χ2n) is 7.19. The van der Waals surface area contributed by atoms with E-state index in [9.17, 15) is 0 Å². The minimum Gasteiger partial charge on any atom is -0.319 e. The van der Waals surface area contributed by atoms with Crippen molar-refractivity contribution in [3.05, 3.63) is 21.9 Å². The van der Waals surface area contributed by atoms with Crippen molar-refractivity contribution in [1.29, 1.82) is 0 Å². The van der Waals surface area contributed by atoms with Gasteiger partial charge in [-0.15, -0.1) is 11.3 Å². The number of nitrogens with zero attached hydrogens (tertiary/aromatic N) is 1. The van der Waals surface area contributed by atoms with Crippen molar-refractivity contribution in [1.82, 2.24) is 10.2 Å². The maximum Gasteiger partial charge on any atom is 0.0478 e. The summed E-state index contributed by atoms with van der Waals surface area (Å²) in [5, 5.41) is 3.40. The van der Waals surface area contributed by atoms with E-state index in [0.717, 1.165) is 12.5 Å². The number of thiophene rings is 1. The van der Waals surface area contributed by atoms with E-state index in [1.165, 1.54) is 30.7 Å². The van der Waals surface area contributed by atoms with E-state index < -0.39 is 0 Å². The van der Waals surface area contributed by atoms with E-state index in [-0.39, 0.29) is 5.41 Å². The Balaban J connectivity index is 2.27. The van der Waals surface area contributed by atoms with Crippen LogP contribution >= 0.6 is 11.3 Å². The summed E-state index contributed by atoms with van der Waals surface area (Å²) in [4.78, 5) is 5.64. The Hall–Kier alpha value is -0.380. The van der Waals surface area contributed by atoms with Gasteiger partial charge in [0, 0.05) is 15.8 Å². The highest BCUT2D eigenvalue weighted by molar-refractivity contribution is 7.12. The molecule has 2 atom stereocenters. The molecule has 2 heterocycles. The van der Waals surface area contributed by atoms with Crippen LogP contribution in [0.15, 0.2) is 12.1 Å². The number of nitrogens with one attached hydrogen (secondary N) is 1. The average Bonchev–Trinajstić information content (AvgIpc) is 2.77. The van der Waals surface area contributed by atoms with Crippen molar-refractivity contribution in [2.24, 2.45) is 5.92 Å². The Morgan fingerprint density at radius 1 is 1.30 bits per heavy atom. The van der Waals surface area contributed by atoms with Crippen molar-refractivity contribution in [2.75, 3.05) is 27.2 Å². The highest BCUT2D eigenvalue weighted by Gasteiger charge is 2.30. The van der Waals surface area contributed by atoms with Crippen LogP contribution < -0.4 is 5.32 Å². The minimum absolute atomic E-state index is 0.269. The van der Waals surface area contributed by atoms with E-state index in [2.05, 4.69) is 57.2 Å². The van der Waals surface area contributed by atoms with Gasteiger partial charge in [0.25, 0.3) is 0 Å². The van der Waals surface area contributed by atoms with Gasteiger partial charge in [-0.3, -0.25) is 4.90 Å². The number of hydrogen-bond acceptors (Lipinski definition) is 3. The number of rotatable bonds is 3. The van der Waals surface area contributed by atoms with Crippen molar-refractivity contribution in [3.8, 4) is 0 Å². The second kappa shape index (κ2) is 6.59. The lowest BCUT2D eigenvalue weighted by atomic mass is 9.93. The third-order valence-corrected chi connectivity index (χ3v) is 5.96. The first kappa shape index (κ1) is 16.0. The highest BCUT2D eigenvalue weighted by Crippen LogP contribution is 2.39. The van der Waals surface area contributed by atoms with Crippen LogP contribution in [0.4, 0.5) is 0 Å². The van der Waals surface area contributed by atoms with Crippen LogP contribution in [0.1, 0.15) is 55.8 Å². The molecule has 0 aliphatic carbocycles. The maximum absolute atomic E-state index is 3.40. The fourth-order valence-corrected chi connectivity index (χ4v) is 4.59. The summed E-state index contributed by atoms with van der Waals surface area (Å²) in [5.41, 5.74) is 0.269. The topological polar surface area (TPSA) is 15.3 Å². The molecule has 1 aliphatic heterocycles. The number of likely N-dealkylation sites (tertiary alicyclic amines) is 1. The van der Waals surface area contributed by atoms with E-state index in [4.69, 9.17) is 0 Å². The van der Waals surface area contributed by atoms with E-state index in [1.54, 1.807) is 4.88 Å². The summed E-state index contributed by atoms with van der Waals surface area (Å²) in [6.45, 7) is 9.28. The zero-order chi connectivity index (χ0) is 14.8. The first-order chi connectivity index (χ1) is 9.43. The normalized spacial score (nSPS) is 25.6. The summed E-state index contributed by atoms with van der Waals surface area (Å²) in [6.07, 6.45) is 4.05. The molecule has 0 spiro atoms. The monoisotopic (exact) mass is 294 g/mol. The Labute approximate surface area is 128 Å². The van der Waals surface area contributed by atoms with E-state index in [0.29, 0.717) is 6.04 Å². The highest BCUT2D eigenvalue weighted by atomic mass is 32.1. The largest absolute Gasteiger partial charge is 0.319 e. The molecule has 0 aromatic carbocycles. The molecule has 0 bridgehead atoms. The Morgan fingerprint density at radius 2 is 2.05 bits per heavy atom. The molecule has 2 rings (SSSR count). The molecule has 1 fully saturated rings. The van der Waals surface area contributed by atoms with Crippen LogP contribution in [0.2, 0.25) is 0 Å². The first-order valence-corrected chi connectivity index (χ1v) is 8.70. The van der Waals surface area contributed by atoms with Crippen LogP contribution in [0.5, 0.6) is 0 Å². The molecule has 0 saturated carbocycles. The lowest BCUT2D eigenvalue weighted by Crippen LogP contribution is -2.33. The SMILES string of the molecule is CNCC1CCCCN(C)C1c1ccc(C(C)(C)C)s1. The van der Waals surface area contributed by atoms with Gasteiger partial charge in [-0.25, -0.2) is 0 Å². The molecule has 3 heteroatoms. The average molecular weight is 295 g/mol. The quantitative estimate of drug-likeness (QED) is 0.905. The predicted molar refractivity (Wildman–Crippen MR) is 89.7 cm³/mol. The van der Waals surface area contributed by atoms with Gasteiger partial charge >= 0.3 is 0 Å². The lowest BCUT2D eigenvalue weighted by molar-refractivity contribution is 0.194. The molecule has 2 unspecified atom stereocenters. The van der Waals surface area contributed by atoms with Crippen LogP contribution in [0.25, 0.3) is 0 Å². The van der Waals surface area contributed by atoms with Gasteiger partial charge < -0.3 is 5.32 Å². The molecular formula is C17H30N2S. The van der Waals surface area contributed by atoms with Crippen molar-refractivity contribution < 1.29 is 0 Å². The summed E-state index contributed by atoms with van der Waals surface area (Å²) < 4.78 is 0. The molecule has 1 saturated heterocycles. The fourth-order valence-electron chi connectivity index (χ4n) is 3.26. The van der Waals surface area contributed by atoms with Gasteiger partial charge in [0.05, 0.1) is 0 Å². The maximum atomic E-state index is 3.40. The summed E-state index contributed by atoms with van der Waals surface area (Å²) in [5.74, 6) is 0.735. The Morgan fingerprint density at radius 3 is 2.65 bits per heavy atom. The van der Waals surface area contributed by atoms with E-state index in [1.807, 2.05) is 11.3 Å². The molecule has 0 radical (unpaired) electrons. The van der Waals surface area contributed by atoms with E-state index >= 15 is 0 Å². The summed E-state index contributed by atoms with van der Waals surface area (Å²) in [7, 11) is 4.38. The smallest absolute Gasteiger partial charge is 0.0478 e. The second-order valence-corrected chi connectivity index (χ2v) is 8.31. The lowest BCUT2D eigenvalue weighted by Gasteiger charge is -2.31. The molecule has 0 amide bonds. The molecule has 20 heavy (non-hydrogen) atoms. The van der Waals surface area contributed by atoms with Crippen LogP contribution in [-0.2, 0) is 5.41 Å². The van der Waals surface area contributed by atoms with Gasteiger partial charge in [0.15, 0.2) is 0 Å². The van der Waals surface area contributed by atoms with Crippen LogP contribution in [0.3, 0.4) is 0 Å². The minimum atomic E-state index is 0.269. The summed E-state index contributed by atoms with van der Waals surface area (Å²) >= 11 is 2.02. The van der Waals surface area contributed by atoms with Crippen molar-refractivity contribution in [2.45, 2.75) is 51.5 Å². The Bertz CT molecular complexity index is 419. The zero-order valence-corrected chi connectivity index (χ0v) is 14.5. The number of hydrogen-bond donors (Lipinski definition) is 1. The third kappa shape index (κ3) is 3.63. The van der Waals surface area contributed by atoms with Gasteiger partial charge in [0.1, 0.15) is 0 Å². The molecule has 1 aromatic heterocycles. The third-order valence-electron chi connectivity index (χ3n) is 4.38. The molecule has 114 valence electrons. The first-order valence-electron chi connectivity index (χ1n) is 7.88. The van der Waals surface area contributed by atoms with Gasteiger partial charge in [-0.05, 0) is 63.5 Å². The molecule has 2 nitrogen and oxygen atoms in total. The van der Waals surface area contributed by atoms with Crippen LogP contribution in [-0.4, -0.2) is 32.1 Å². The molecule has 1 aromatic rings. The van der Waals surface area contributed by atoms with Gasteiger partial charge in [0.2, 0.25) is 0 Å². The Kier molecular flexibility index (Phi) is 5.27. The zero-order valence-electron chi connectivity index (χ0n) is 13.7. The van der Waals surface area contributed by atoms with Crippen molar-refractivity contribution >= 4 is 11.3 Å². The molecular weight excluding hydrogens is 264 g/mol. The van der Waals surface area contributed by atoms with Crippen molar-refractivity contribution in [3.63, 3.8) is 0 Å². The van der Waals surface area contributed by atoms with Crippen LogP contribution in [0, 0.1) is 5.92 Å². The van der Waals surface area contributed by atoms with Gasteiger partial charge in [-0.2, -0.15) is 0 Å². The standard InChI is InChI=1S/C17H30N2S/c1-17(2,3)15-10-9-14(20-15)16-13(12-18-4)8-6-7-11-19(16)5/h9-10,13,16,18H,6-8,11-12H2,1-5H3. The fraction of sp³-hybridized carbons (Fsp3) is 0.765. The van der Waals surface area contributed by atoms with Gasteiger partial charge in [-0.1, -0.05) is 27.2 Å². The predicted octanol–water partition coefficient (Wildman–Crippen LogP) is 4.04.